The Kier molecular flexibility index (Phi) is 6.53. The number of hydrogen-bond donors (Lipinski definition) is 0. The van der Waals surface area contributed by atoms with Gasteiger partial charge in [-0.2, -0.15) is 0 Å². The summed E-state index contributed by atoms with van der Waals surface area (Å²) in [4.78, 5) is 42.1. The second kappa shape index (κ2) is 7.36. The lowest BCUT2D eigenvalue weighted by atomic mass is 10.0. The molecule has 0 aromatic carbocycles. The maximum atomic E-state index is 11.0. The van der Waals surface area contributed by atoms with Gasteiger partial charge in [0.2, 0.25) is 12.2 Å². The van der Waals surface area contributed by atoms with Crippen molar-refractivity contribution in [1.29, 1.82) is 0 Å². The van der Waals surface area contributed by atoms with Crippen molar-refractivity contribution in [1.82, 2.24) is 0 Å². The van der Waals surface area contributed by atoms with Crippen LogP contribution in [0.3, 0.4) is 0 Å². The fourth-order valence-corrected chi connectivity index (χ4v) is 1.50. The average Bonchev–Trinajstić information content (AvgIpc) is 2.30. The molecule has 0 heterocycles. The second-order valence-corrected chi connectivity index (χ2v) is 4.20. The Morgan fingerprint density at radius 2 is 1.10 bits per heavy atom. The van der Waals surface area contributed by atoms with Crippen LogP contribution in [0.15, 0.2) is 0 Å². The first-order valence-corrected chi connectivity index (χ1v) is 5.69. The van der Waals surface area contributed by atoms with Gasteiger partial charge in [-0.05, 0) is 0 Å². The highest BCUT2D eigenvalue weighted by Gasteiger charge is 2.46. The summed E-state index contributed by atoms with van der Waals surface area (Å²) < 4.78 is 9.49. The Morgan fingerprint density at radius 3 is 1.25 bits per heavy atom. The van der Waals surface area contributed by atoms with Crippen molar-refractivity contribution in [3.63, 3.8) is 0 Å². The monoisotopic (exact) mass is 292 g/mol. The number of rotatable bonds is 7. The maximum Gasteiger partial charge on any atom is 0.303 e. The van der Waals surface area contributed by atoms with E-state index >= 15 is 0 Å². The van der Waals surface area contributed by atoms with E-state index in [9.17, 15) is 29.8 Å². The van der Waals surface area contributed by atoms with Crippen molar-refractivity contribution in [2.45, 2.75) is 52.0 Å². The number of carbonyl (C=O) groups is 2. The molecule has 10 nitrogen and oxygen atoms in total. The van der Waals surface area contributed by atoms with Gasteiger partial charge in [-0.15, -0.1) is 0 Å². The maximum absolute atomic E-state index is 11.0. The minimum absolute atomic E-state index is 0.767. The minimum atomic E-state index is -1.55. The Balaban J connectivity index is 5.47. The molecule has 0 bridgehead atoms. The molecule has 0 saturated carbocycles. The number of esters is 2. The van der Waals surface area contributed by atoms with E-state index in [1.165, 1.54) is 0 Å². The van der Waals surface area contributed by atoms with Gasteiger partial charge >= 0.3 is 11.9 Å². The van der Waals surface area contributed by atoms with Gasteiger partial charge in [0.1, 0.15) is 0 Å². The molecule has 20 heavy (non-hydrogen) atoms. The molecule has 0 radical (unpaired) electrons. The summed E-state index contributed by atoms with van der Waals surface area (Å²) >= 11 is 0. The van der Waals surface area contributed by atoms with Crippen LogP contribution >= 0.6 is 0 Å². The topological polar surface area (TPSA) is 139 Å². The molecule has 0 fully saturated rings. The van der Waals surface area contributed by atoms with E-state index in [0.717, 1.165) is 27.7 Å². The van der Waals surface area contributed by atoms with Crippen molar-refractivity contribution in [3.8, 4) is 0 Å². The van der Waals surface area contributed by atoms with Gasteiger partial charge in [-0.25, -0.2) is 0 Å². The quantitative estimate of drug-likeness (QED) is 0.368. The molecule has 4 atom stereocenters. The lowest BCUT2D eigenvalue weighted by Gasteiger charge is -2.26. The van der Waals surface area contributed by atoms with E-state index < -0.39 is 46.1 Å². The molecule has 0 amide bonds. The predicted octanol–water partition coefficient (Wildman–Crippen LogP) is 0.180. The summed E-state index contributed by atoms with van der Waals surface area (Å²) in [6.07, 6.45) is -3.10. The highest BCUT2D eigenvalue weighted by atomic mass is 16.7. The Bertz CT molecular complexity index is 372. The third kappa shape index (κ3) is 5.16. The lowest BCUT2D eigenvalue weighted by Crippen LogP contribution is -2.51. The first-order valence-electron chi connectivity index (χ1n) is 5.69. The number of nitro groups is 2. The summed E-state index contributed by atoms with van der Waals surface area (Å²) in [6, 6.07) is -2.93. The number of hydrogen-bond acceptors (Lipinski definition) is 8. The zero-order valence-electron chi connectivity index (χ0n) is 11.5. The molecule has 0 spiro atoms. The average molecular weight is 292 g/mol. The van der Waals surface area contributed by atoms with Crippen LogP contribution < -0.4 is 0 Å². The summed E-state index contributed by atoms with van der Waals surface area (Å²) in [5.74, 6) is -1.73. The predicted molar refractivity (Wildman–Crippen MR) is 64.0 cm³/mol. The Hall–Kier alpha value is -2.26. The fraction of sp³-hybridized carbons (Fsp3) is 0.800. The molecule has 0 aliphatic rings. The number of nitrogens with zero attached hydrogens (tertiary/aromatic N) is 2. The normalized spacial score (nSPS) is 16.4. The molecule has 0 unspecified atom stereocenters. The van der Waals surface area contributed by atoms with Crippen LogP contribution in [0, 0.1) is 20.2 Å². The largest absolute Gasteiger partial charge is 0.451 e. The van der Waals surface area contributed by atoms with Gasteiger partial charge in [0, 0.05) is 37.5 Å². The standard InChI is InChI=1S/C10H16N2O8/c1-5(11(15)16)9(19-7(3)13)10(20-8(4)14)6(2)12(17)18/h5-6,9-10H,1-4H3/t5-,6+,9-,10+. The zero-order valence-corrected chi connectivity index (χ0v) is 11.5. The highest BCUT2D eigenvalue weighted by molar-refractivity contribution is 5.67. The molecule has 0 aromatic rings. The third-order valence-corrected chi connectivity index (χ3v) is 2.54. The van der Waals surface area contributed by atoms with Crippen LogP contribution in [0.25, 0.3) is 0 Å². The Labute approximate surface area is 114 Å². The molecule has 114 valence electrons. The van der Waals surface area contributed by atoms with E-state index in [1.54, 1.807) is 0 Å². The molecule has 0 aliphatic carbocycles. The highest BCUT2D eigenvalue weighted by Crippen LogP contribution is 2.17. The van der Waals surface area contributed by atoms with Gasteiger partial charge in [0.25, 0.3) is 12.1 Å². The molecule has 0 aliphatic heterocycles. The molecular weight excluding hydrogens is 276 g/mol. The number of ether oxygens (including phenoxy) is 2. The van der Waals surface area contributed by atoms with Gasteiger partial charge in [-0.3, -0.25) is 29.8 Å². The molecule has 10 heteroatoms. The summed E-state index contributed by atoms with van der Waals surface area (Å²) in [6.45, 7) is 4.22. The van der Waals surface area contributed by atoms with E-state index in [-0.39, 0.29) is 0 Å². The van der Waals surface area contributed by atoms with Crippen LogP contribution in [0.5, 0.6) is 0 Å². The summed E-state index contributed by atoms with van der Waals surface area (Å²) in [7, 11) is 0. The number of carbonyl (C=O) groups excluding carboxylic acids is 2. The summed E-state index contributed by atoms with van der Waals surface area (Å²) in [5.41, 5.74) is 0. The Morgan fingerprint density at radius 1 is 0.850 bits per heavy atom. The fourth-order valence-electron chi connectivity index (χ4n) is 1.50. The van der Waals surface area contributed by atoms with Gasteiger partial charge in [0.15, 0.2) is 0 Å². The SMILES string of the molecule is CC(=O)O[C@H]([C@H](OC(C)=O)[C@@H](C)[N+](=O)[O-])[C@H](C)[N+](=O)[O-]. The van der Waals surface area contributed by atoms with Crippen LogP contribution in [-0.4, -0.2) is 46.1 Å². The third-order valence-electron chi connectivity index (χ3n) is 2.54. The van der Waals surface area contributed by atoms with Crippen molar-refractivity contribution >= 4 is 11.9 Å². The van der Waals surface area contributed by atoms with Crippen LogP contribution in [-0.2, 0) is 19.1 Å². The lowest BCUT2D eigenvalue weighted by molar-refractivity contribution is -0.552. The zero-order chi connectivity index (χ0) is 16.0. The van der Waals surface area contributed by atoms with Gasteiger partial charge in [0.05, 0.1) is 0 Å². The van der Waals surface area contributed by atoms with E-state index in [4.69, 9.17) is 9.47 Å². The molecule has 0 rings (SSSR count). The van der Waals surface area contributed by atoms with Gasteiger partial charge < -0.3 is 9.47 Å². The molecular formula is C10H16N2O8. The smallest absolute Gasteiger partial charge is 0.303 e. The second-order valence-electron chi connectivity index (χ2n) is 4.20. The first kappa shape index (κ1) is 17.7. The van der Waals surface area contributed by atoms with Crippen molar-refractivity contribution in [2.75, 3.05) is 0 Å². The van der Waals surface area contributed by atoms with Crippen molar-refractivity contribution in [3.05, 3.63) is 20.2 Å². The molecule has 0 N–H and O–H groups in total. The van der Waals surface area contributed by atoms with Crippen molar-refractivity contribution < 1.29 is 28.9 Å². The van der Waals surface area contributed by atoms with Crippen LogP contribution in [0.1, 0.15) is 27.7 Å². The first-order chi connectivity index (χ1) is 9.07. The van der Waals surface area contributed by atoms with Crippen LogP contribution in [0.2, 0.25) is 0 Å². The minimum Gasteiger partial charge on any atom is -0.451 e. The van der Waals surface area contributed by atoms with E-state index in [1.807, 2.05) is 0 Å². The van der Waals surface area contributed by atoms with E-state index in [0.29, 0.717) is 0 Å². The van der Waals surface area contributed by atoms with Crippen molar-refractivity contribution in [2.24, 2.45) is 0 Å². The van der Waals surface area contributed by atoms with E-state index in [2.05, 4.69) is 0 Å². The summed E-state index contributed by atoms with van der Waals surface area (Å²) in [5, 5.41) is 21.6. The molecule has 0 aromatic heterocycles. The van der Waals surface area contributed by atoms with Gasteiger partial charge in [-0.1, -0.05) is 0 Å². The van der Waals surface area contributed by atoms with Crippen LogP contribution in [0.4, 0.5) is 0 Å². The molecule has 0 saturated heterocycles.